The minimum Gasteiger partial charge on any atom is -0.355 e. The molecule has 1 N–H and O–H groups in total. The van der Waals surface area contributed by atoms with E-state index >= 15 is 0 Å². The molecule has 0 radical (unpaired) electrons. The van der Waals surface area contributed by atoms with Gasteiger partial charge >= 0.3 is 0 Å². The average molecular weight is 274 g/mol. The van der Waals surface area contributed by atoms with Gasteiger partial charge in [-0.15, -0.1) is 0 Å². The van der Waals surface area contributed by atoms with Crippen LogP contribution in [0.3, 0.4) is 0 Å². The van der Waals surface area contributed by atoms with E-state index in [2.05, 4.69) is 36.0 Å². The van der Waals surface area contributed by atoms with E-state index in [-0.39, 0.29) is 0 Å². The molecule has 1 saturated heterocycles. The van der Waals surface area contributed by atoms with Gasteiger partial charge in [0.05, 0.1) is 0 Å². The number of nitrogens with one attached hydrogen (secondary N) is 1. The van der Waals surface area contributed by atoms with E-state index in [1.807, 2.05) is 19.0 Å². The zero-order valence-electron chi connectivity index (χ0n) is 11.2. The largest absolute Gasteiger partial charge is 0.355 e. The summed E-state index contributed by atoms with van der Waals surface area (Å²) in [6, 6.07) is 0.822. The highest BCUT2D eigenvalue weighted by Crippen LogP contribution is 2.14. The molecule has 1 fully saturated rings. The number of thiocarbonyl (C=S) groups is 2. The molecule has 2 atom stereocenters. The summed E-state index contributed by atoms with van der Waals surface area (Å²) in [6.45, 7) is 6.44. The Labute approximate surface area is 115 Å². The second kappa shape index (κ2) is 5.93. The summed E-state index contributed by atoms with van der Waals surface area (Å²) in [5, 5.41) is 4.51. The van der Waals surface area contributed by atoms with Gasteiger partial charge in [0.1, 0.15) is 0 Å². The van der Waals surface area contributed by atoms with E-state index in [1.54, 1.807) is 0 Å². The SMILES string of the molecule is CC1CN(C)CC(C)N1C(=S)NC(=S)N(C)C. The molecule has 0 aromatic heterocycles. The summed E-state index contributed by atoms with van der Waals surface area (Å²) in [6.07, 6.45) is 0. The predicted molar refractivity (Wildman–Crippen MR) is 80.3 cm³/mol. The Morgan fingerprint density at radius 1 is 1.18 bits per heavy atom. The molecule has 1 heterocycles. The Kier molecular flexibility index (Phi) is 5.09. The molecule has 0 bridgehead atoms. The fraction of sp³-hybridized carbons (Fsp3) is 0.818. The topological polar surface area (TPSA) is 21.8 Å². The highest BCUT2D eigenvalue weighted by Gasteiger charge is 2.29. The molecule has 98 valence electrons. The lowest BCUT2D eigenvalue weighted by molar-refractivity contribution is 0.113. The van der Waals surface area contributed by atoms with E-state index < -0.39 is 0 Å². The van der Waals surface area contributed by atoms with E-state index in [4.69, 9.17) is 24.4 Å². The number of nitrogens with zero attached hydrogens (tertiary/aromatic N) is 3. The lowest BCUT2D eigenvalue weighted by Gasteiger charge is -2.44. The summed E-state index contributed by atoms with van der Waals surface area (Å²) < 4.78 is 0. The van der Waals surface area contributed by atoms with Crippen LogP contribution in [-0.4, -0.2) is 71.2 Å². The third kappa shape index (κ3) is 3.76. The third-order valence-electron chi connectivity index (χ3n) is 2.96. The molecule has 1 aliphatic rings. The molecule has 0 amide bonds. The van der Waals surface area contributed by atoms with Gasteiger partial charge in [0.2, 0.25) is 0 Å². The van der Waals surface area contributed by atoms with Crippen molar-refractivity contribution in [3.63, 3.8) is 0 Å². The van der Waals surface area contributed by atoms with Crippen molar-refractivity contribution in [2.24, 2.45) is 0 Å². The van der Waals surface area contributed by atoms with Gasteiger partial charge < -0.3 is 20.0 Å². The highest BCUT2D eigenvalue weighted by atomic mass is 32.1. The molecule has 17 heavy (non-hydrogen) atoms. The first kappa shape index (κ1) is 14.6. The lowest BCUT2D eigenvalue weighted by atomic mass is 10.1. The first-order valence-electron chi connectivity index (χ1n) is 5.82. The summed E-state index contributed by atoms with van der Waals surface area (Å²) >= 11 is 10.7. The maximum absolute atomic E-state index is 5.44. The van der Waals surface area contributed by atoms with Gasteiger partial charge in [0.15, 0.2) is 10.2 Å². The monoisotopic (exact) mass is 274 g/mol. The number of hydrogen-bond donors (Lipinski definition) is 1. The fourth-order valence-corrected chi connectivity index (χ4v) is 2.87. The molecule has 6 heteroatoms. The number of rotatable bonds is 0. The smallest absolute Gasteiger partial charge is 0.175 e. The van der Waals surface area contributed by atoms with E-state index in [0.29, 0.717) is 17.2 Å². The molecule has 0 spiro atoms. The van der Waals surface area contributed by atoms with Crippen LogP contribution < -0.4 is 5.32 Å². The normalized spacial score (nSPS) is 25.6. The standard InChI is InChI=1S/C11H22N4S2/c1-8-6-14(5)7-9(2)15(8)11(17)12-10(16)13(3)4/h8-9H,6-7H2,1-5H3,(H,12,16,17). The van der Waals surface area contributed by atoms with E-state index in [9.17, 15) is 0 Å². The molecule has 0 aliphatic carbocycles. The van der Waals surface area contributed by atoms with Crippen LogP contribution in [0.25, 0.3) is 0 Å². The second-order valence-corrected chi connectivity index (χ2v) is 5.73. The fourth-order valence-electron chi connectivity index (χ4n) is 2.26. The second-order valence-electron chi connectivity index (χ2n) is 4.96. The third-order valence-corrected chi connectivity index (χ3v) is 3.74. The number of likely N-dealkylation sites (N-methyl/N-ethyl adjacent to an activating group) is 1. The van der Waals surface area contributed by atoms with Crippen molar-refractivity contribution in [2.75, 3.05) is 34.2 Å². The first-order valence-corrected chi connectivity index (χ1v) is 6.63. The number of piperazine rings is 1. The molecule has 1 rings (SSSR count). The molecule has 0 aromatic carbocycles. The number of hydrogen-bond acceptors (Lipinski definition) is 3. The quantitative estimate of drug-likeness (QED) is 0.653. The Morgan fingerprint density at radius 3 is 2.06 bits per heavy atom. The predicted octanol–water partition coefficient (Wildman–Crippen LogP) is 0.732. The van der Waals surface area contributed by atoms with Crippen LogP contribution in [0.5, 0.6) is 0 Å². The van der Waals surface area contributed by atoms with E-state index in [1.165, 1.54) is 0 Å². The van der Waals surface area contributed by atoms with Crippen LogP contribution in [-0.2, 0) is 0 Å². The molecule has 2 unspecified atom stereocenters. The van der Waals surface area contributed by atoms with Crippen LogP contribution in [0, 0.1) is 0 Å². The van der Waals surface area contributed by atoms with Crippen LogP contribution in [0.2, 0.25) is 0 Å². The van der Waals surface area contributed by atoms with Crippen molar-refractivity contribution in [1.82, 2.24) is 20.0 Å². The van der Waals surface area contributed by atoms with Gasteiger partial charge in [0, 0.05) is 39.3 Å². The van der Waals surface area contributed by atoms with Gasteiger partial charge in [-0.3, -0.25) is 0 Å². The maximum atomic E-state index is 5.44. The average Bonchev–Trinajstić information content (AvgIpc) is 2.15. The van der Waals surface area contributed by atoms with Gasteiger partial charge in [-0.2, -0.15) is 0 Å². The zero-order valence-corrected chi connectivity index (χ0v) is 12.9. The molecule has 1 aliphatic heterocycles. The molecule has 0 aromatic rings. The first-order chi connectivity index (χ1) is 7.82. The van der Waals surface area contributed by atoms with Gasteiger partial charge in [-0.05, 0) is 45.3 Å². The van der Waals surface area contributed by atoms with Crippen molar-refractivity contribution in [1.29, 1.82) is 0 Å². The molecule has 4 nitrogen and oxygen atoms in total. The Morgan fingerprint density at radius 2 is 1.65 bits per heavy atom. The van der Waals surface area contributed by atoms with Crippen molar-refractivity contribution >= 4 is 34.7 Å². The summed E-state index contributed by atoms with van der Waals surface area (Å²) in [7, 11) is 5.97. The summed E-state index contributed by atoms with van der Waals surface area (Å²) in [4.78, 5) is 6.43. The Balaban J connectivity index is 2.65. The molecule has 0 saturated carbocycles. The zero-order chi connectivity index (χ0) is 13.2. The Bertz CT molecular complexity index is 294. The van der Waals surface area contributed by atoms with Gasteiger partial charge in [-0.25, -0.2) is 0 Å². The van der Waals surface area contributed by atoms with Crippen molar-refractivity contribution < 1.29 is 0 Å². The van der Waals surface area contributed by atoms with Crippen LogP contribution in [0.1, 0.15) is 13.8 Å². The van der Waals surface area contributed by atoms with E-state index in [0.717, 1.165) is 18.2 Å². The van der Waals surface area contributed by atoms with Gasteiger partial charge in [0.25, 0.3) is 0 Å². The highest BCUT2D eigenvalue weighted by molar-refractivity contribution is 7.81. The summed E-state index contributed by atoms with van der Waals surface area (Å²) in [5.74, 6) is 0. The van der Waals surface area contributed by atoms with Crippen molar-refractivity contribution in [2.45, 2.75) is 25.9 Å². The molecular formula is C11H22N4S2. The minimum absolute atomic E-state index is 0.411. The van der Waals surface area contributed by atoms with Crippen molar-refractivity contribution in [3.8, 4) is 0 Å². The molecular weight excluding hydrogens is 252 g/mol. The maximum Gasteiger partial charge on any atom is 0.175 e. The van der Waals surface area contributed by atoms with Crippen LogP contribution >= 0.6 is 24.4 Å². The lowest BCUT2D eigenvalue weighted by Crippen LogP contribution is -2.61. The van der Waals surface area contributed by atoms with Crippen LogP contribution in [0.15, 0.2) is 0 Å². The van der Waals surface area contributed by atoms with Crippen LogP contribution in [0.4, 0.5) is 0 Å². The van der Waals surface area contributed by atoms with Crippen molar-refractivity contribution in [3.05, 3.63) is 0 Å². The van der Waals surface area contributed by atoms with Gasteiger partial charge in [-0.1, -0.05) is 0 Å². The minimum atomic E-state index is 0.411. The Hall–Kier alpha value is -0.460. The summed E-state index contributed by atoms with van der Waals surface area (Å²) in [5.41, 5.74) is 0.